The van der Waals surface area contributed by atoms with Gasteiger partial charge in [0.25, 0.3) is 0 Å². The number of nitrogens with two attached hydrogens (primary N) is 1. The molecule has 0 aromatic heterocycles. The van der Waals surface area contributed by atoms with Gasteiger partial charge >= 0.3 is 6.03 Å². The van der Waals surface area contributed by atoms with Gasteiger partial charge in [0, 0.05) is 0 Å². The minimum atomic E-state index is -0.891. The zero-order chi connectivity index (χ0) is 16.8. The lowest BCUT2D eigenvalue weighted by atomic mass is 10.1. The largest absolute Gasteiger partial charge is 0.497 e. The molecule has 0 bridgehead atoms. The highest BCUT2D eigenvalue weighted by Crippen LogP contribution is 2.22. The summed E-state index contributed by atoms with van der Waals surface area (Å²) in [6, 6.07) is 13.3. The van der Waals surface area contributed by atoms with Crippen LogP contribution in [0, 0.1) is 0 Å². The van der Waals surface area contributed by atoms with Crippen molar-refractivity contribution in [2.75, 3.05) is 7.11 Å². The molecular formula is C17H20N2O4. The Morgan fingerprint density at radius 2 is 1.70 bits per heavy atom. The van der Waals surface area contributed by atoms with Gasteiger partial charge in [0.15, 0.2) is 0 Å². The van der Waals surface area contributed by atoms with E-state index in [2.05, 4.69) is 0 Å². The molecule has 6 heteroatoms. The van der Waals surface area contributed by atoms with Crippen molar-refractivity contribution in [1.82, 2.24) is 5.06 Å². The van der Waals surface area contributed by atoms with Crippen molar-refractivity contribution < 1.29 is 19.5 Å². The zero-order valence-corrected chi connectivity index (χ0v) is 13.1. The Bertz CT molecular complexity index is 641. The summed E-state index contributed by atoms with van der Waals surface area (Å²) in [5, 5.41) is 10.0. The average molecular weight is 316 g/mol. The Morgan fingerprint density at radius 3 is 2.22 bits per heavy atom. The number of ether oxygens (including phenoxy) is 2. The van der Waals surface area contributed by atoms with Crippen LogP contribution in [-0.2, 0) is 6.61 Å². The minimum absolute atomic E-state index is 0.437. The topological polar surface area (TPSA) is 85.0 Å². The van der Waals surface area contributed by atoms with Crippen LogP contribution >= 0.6 is 0 Å². The summed E-state index contributed by atoms with van der Waals surface area (Å²) in [6.07, 6.45) is 0. The number of nitrogens with zero attached hydrogens (tertiary/aromatic N) is 1. The number of urea groups is 1. The summed E-state index contributed by atoms with van der Waals surface area (Å²) in [4.78, 5) is 11.0. The van der Waals surface area contributed by atoms with Gasteiger partial charge in [0.1, 0.15) is 18.1 Å². The monoisotopic (exact) mass is 316 g/mol. The SMILES string of the molecule is COc1ccc(COc2ccc(C(C)N(O)C(N)=O)cc2)cc1. The van der Waals surface area contributed by atoms with Crippen LogP contribution in [0.25, 0.3) is 0 Å². The van der Waals surface area contributed by atoms with Gasteiger partial charge in [-0.3, -0.25) is 5.21 Å². The molecule has 0 aliphatic heterocycles. The summed E-state index contributed by atoms with van der Waals surface area (Å²) in [5.74, 6) is 1.50. The molecule has 6 nitrogen and oxygen atoms in total. The second-order valence-corrected chi connectivity index (χ2v) is 5.06. The molecule has 0 aliphatic rings. The van der Waals surface area contributed by atoms with Gasteiger partial charge in [-0.05, 0) is 42.3 Å². The zero-order valence-electron chi connectivity index (χ0n) is 13.1. The predicted octanol–water partition coefficient (Wildman–Crippen LogP) is 3.11. The Hall–Kier alpha value is -2.73. The second kappa shape index (κ2) is 7.51. The van der Waals surface area contributed by atoms with Crippen LogP contribution < -0.4 is 15.2 Å². The highest BCUT2D eigenvalue weighted by atomic mass is 16.5. The van der Waals surface area contributed by atoms with E-state index in [1.54, 1.807) is 38.3 Å². The van der Waals surface area contributed by atoms with Crippen LogP contribution in [0.5, 0.6) is 11.5 Å². The minimum Gasteiger partial charge on any atom is -0.497 e. The molecule has 2 amide bonds. The number of hydroxylamine groups is 2. The summed E-state index contributed by atoms with van der Waals surface area (Å²) >= 11 is 0. The fourth-order valence-corrected chi connectivity index (χ4v) is 2.06. The number of rotatable bonds is 6. The van der Waals surface area contributed by atoms with E-state index in [4.69, 9.17) is 15.2 Å². The molecule has 0 saturated carbocycles. The Kier molecular flexibility index (Phi) is 5.43. The Balaban J connectivity index is 1.95. The van der Waals surface area contributed by atoms with Gasteiger partial charge in [-0.15, -0.1) is 0 Å². The third kappa shape index (κ3) is 4.37. The normalized spacial score (nSPS) is 11.6. The van der Waals surface area contributed by atoms with Gasteiger partial charge in [-0.2, -0.15) is 5.06 Å². The van der Waals surface area contributed by atoms with E-state index in [-0.39, 0.29) is 0 Å². The Labute approximate surface area is 135 Å². The smallest absolute Gasteiger partial charge is 0.339 e. The maximum atomic E-state index is 11.0. The number of hydrogen-bond acceptors (Lipinski definition) is 4. The molecule has 1 atom stereocenters. The van der Waals surface area contributed by atoms with Gasteiger partial charge in [0.05, 0.1) is 13.2 Å². The van der Waals surface area contributed by atoms with E-state index in [1.807, 2.05) is 24.3 Å². The molecule has 1 unspecified atom stereocenters. The molecular weight excluding hydrogens is 296 g/mol. The molecule has 122 valence electrons. The number of amides is 2. The lowest BCUT2D eigenvalue weighted by Crippen LogP contribution is -2.34. The van der Waals surface area contributed by atoms with Gasteiger partial charge in [-0.1, -0.05) is 24.3 Å². The van der Waals surface area contributed by atoms with Crippen LogP contribution in [0.2, 0.25) is 0 Å². The van der Waals surface area contributed by atoms with Crippen molar-refractivity contribution in [3.05, 3.63) is 59.7 Å². The lowest BCUT2D eigenvalue weighted by molar-refractivity contribution is -0.0710. The van der Waals surface area contributed by atoms with Gasteiger partial charge < -0.3 is 15.2 Å². The first-order chi connectivity index (χ1) is 11.0. The quantitative estimate of drug-likeness (QED) is 0.633. The van der Waals surface area contributed by atoms with Gasteiger partial charge in [0.2, 0.25) is 0 Å². The lowest BCUT2D eigenvalue weighted by Gasteiger charge is -2.20. The number of benzene rings is 2. The van der Waals surface area contributed by atoms with Crippen molar-refractivity contribution in [3.8, 4) is 11.5 Å². The van der Waals surface area contributed by atoms with Crippen LogP contribution in [0.4, 0.5) is 4.79 Å². The highest BCUT2D eigenvalue weighted by Gasteiger charge is 2.16. The number of methoxy groups -OCH3 is 1. The molecule has 2 rings (SSSR count). The van der Waals surface area contributed by atoms with Gasteiger partial charge in [-0.25, -0.2) is 4.79 Å². The van der Waals surface area contributed by atoms with Crippen LogP contribution in [0.3, 0.4) is 0 Å². The molecule has 23 heavy (non-hydrogen) atoms. The predicted molar refractivity (Wildman–Crippen MR) is 85.4 cm³/mol. The average Bonchev–Trinajstić information content (AvgIpc) is 2.59. The Morgan fingerprint density at radius 1 is 1.13 bits per heavy atom. The molecule has 0 saturated heterocycles. The molecule has 2 aromatic rings. The third-order valence-corrected chi connectivity index (χ3v) is 3.52. The first-order valence-electron chi connectivity index (χ1n) is 7.14. The second-order valence-electron chi connectivity index (χ2n) is 5.06. The van der Waals surface area contributed by atoms with Crippen LogP contribution in [0.1, 0.15) is 24.1 Å². The fourth-order valence-electron chi connectivity index (χ4n) is 2.06. The standard InChI is InChI=1S/C17H20N2O4/c1-12(19(21)17(18)20)14-5-9-16(10-6-14)23-11-13-3-7-15(22-2)8-4-13/h3-10,12,21H,11H2,1-2H3,(H2,18,20). The summed E-state index contributed by atoms with van der Waals surface area (Å²) in [6.45, 7) is 2.12. The van der Waals surface area contributed by atoms with Crippen LogP contribution in [-0.4, -0.2) is 23.4 Å². The molecule has 3 N–H and O–H groups in total. The van der Waals surface area contributed by atoms with Crippen molar-refractivity contribution in [2.45, 2.75) is 19.6 Å². The molecule has 0 fully saturated rings. The van der Waals surface area contributed by atoms with Crippen molar-refractivity contribution >= 4 is 6.03 Å². The molecule has 0 radical (unpaired) electrons. The molecule has 0 aliphatic carbocycles. The van der Waals surface area contributed by atoms with E-state index in [1.165, 1.54) is 0 Å². The molecule has 2 aromatic carbocycles. The number of primary amides is 1. The van der Waals surface area contributed by atoms with E-state index in [0.29, 0.717) is 17.4 Å². The van der Waals surface area contributed by atoms with E-state index >= 15 is 0 Å². The van der Waals surface area contributed by atoms with Crippen molar-refractivity contribution in [1.29, 1.82) is 0 Å². The number of carbonyl (C=O) groups is 1. The highest BCUT2D eigenvalue weighted by molar-refractivity contribution is 5.71. The first-order valence-corrected chi connectivity index (χ1v) is 7.14. The third-order valence-electron chi connectivity index (χ3n) is 3.52. The summed E-state index contributed by atoms with van der Waals surface area (Å²) in [7, 11) is 1.62. The van der Waals surface area contributed by atoms with E-state index in [0.717, 1.165) is 16.9 Å². The molecule has 0 spiro atoms. The fraction of sp³-hybridized carbons (Fsp3) is 0.235. The first kappa shape index (κ1) is 16.6. The molecule has 0 heterocycles. The van der Waals surface area contributed by atoms with Crippen LogP contribution in [0.15, 0.2) is 48.5 Å². The number of hydrogen-bond donors (Lipinski definition) is 2. The summed E-state index contributed by atoms with van der Waals surface area (Å²) < 4.78 is 10.8. The van der Waals surface area contributed by atoms with E-state index in [9.17, 15) is 10.0 Å². The van der Waals surface area contributed by atoms with E-state index < -0.39 is 12.1 Å². The maximum Gasteiger partial charge on any atom is 0.339 e. The van der Waals surface area contributed by atoms with Crippen molar-refractivity contribution in [3.63, 3.8) is 0 Å². The van der Waals surface area contributed by atoms with Crippen molar-refractivity contribution in [2.24, 2.45) is 5.73 Å². The number of carbonyl (C=O) groups excluding carboxylic acids is 1. The summed E-state index contributed by atoms with van der Waals surface area (Å²) in [5.41, 5.74) is 6.82. The maximum absolute atomic E-state index is 11.0.